The van der Waals surface area contributed by atoms with Gasteiger partial charge in [0.15, 0.2) is 18.9 Å². The van der Waals surface area contributed by atoms with Crippen LogP contribution < -0.4 is 0 Å². The zero-order valence-electron chi connectivity index (χ0n) is 43.2. The third-order valence-electron chi connectivity index (χ3n) is 20.7. The number of hydrogen-bond acceptors (Lipinski definition) is 21. The van der Waals surface area contributed by atoms with Gasteiger partial charge in [0.1, 0.15) is 79.4 Å². The van der Waals surface area contributed by atoms with E-state index >= 15 is 0 Å². The molecule has 0 bridgehead atoms. The van der Waals surface area contributed by atoms with Gasteiger partial charge in [0.05, 0.1) is 44.1 Å². The van der Waals surface area contributed by atoms with Crippen molar-refractivity contribution in [3.05, 3.63) is 11.6 Å². The molecule has 12 N–H and O–H groups in total. The molecule has 8 fully saturated rings. The van der Waals surface area contributed by atoms with Crippen molar-refractivity contribution >= 4 is 5.97 Å². The van der Waals surface area contributed by atoms with E-state index in [0.717, 1.165) is 38.5 Å². The molecule has 9 aliphatic rings. The van der Waals surface area contributed by atoms with Crippen molar-refractivity contribution in [3.63, 3.8) is 0 Å². The van der Waals surface area contributed by atoms with E-state index in [9.17, 15) is 66.1 Å². The maximum atomic E-state index is 14.7. The van der Waals surface area contributed by atoms with E-state index in [1.54, 1.807) is 0 Å². The van der Waals surface area contributed by atoms with Crippen molar-refractivity contribution in [2.24, 2.45) is 50.2 Å². The van der Waals surface area contributed by atoms with Crippen LogP contribution in [0.25, 0.3) is 0 Å². The topological polar surface area (TPSA) is 334 Å². The molecule has 418 valence electrons. The van der Waals surface area contributed by atoms with Gasteiger partial charge in [0.25, 0.3) is 0 Å². The third kappa shape index (κ3) is 9.10. The second kappa shape index (κ2) is 20.3. The molecule has 27 atom stereocenters. The second-order valence-electron chi connectivity index (χ2n) is 25.2. The summed E-state index contributed by atoms with van der Waals surface area (Å²) in [4.78, 5) is 14.7. The minimum absolute atomic E-state index is 0.0453. The number of aliphatic hydroxyl groups excluding tert-OH is 12. The number of allylic oxidation sites excluding steroid dienone is 2. The number of ether oxygens (including phenoxy) is 8. The molecule has 0 radical (unpaired) electrons. The van der Waals surface area contributed by atoms with Crippen molar-refractivity contribution in [1.82, 2.24) is 0 Å². The average Bonchev–Trinajstić information content (AvgIpc) is 3.34. The monoisotopic (exact) mass is 1040 g/mol. The highest BCUT2D eigenvalue weighted by atomic mass is 16.8. The Bertz CT molecular complexity index is 2010. The summed E-state index contributed by atoms with van der Waals surface area (Å²) in [6.45, 7) is 13.6. The quantitative estimate of drug-likeness (QED) is 0.0727. The normalized spacial score (nSPS) is 55.0. The average molecular weight is 1050 g/mol. The molecule has 5 aliphatic carbocycles. The van der Waals surface area contributed by atoms with Gasteiger partial charge in [0.2, 0.25) is 6.29 Å². The van der Waals surface area contributed by atoms with Crippen LogP contribution in [0.15, 0.2) is 11.6 Å². The Kier molecular flexibility index (Phi) is 15.6. The van der Waals surface area contributed by atoms with Crippen LogP contribution in [0.3, 0.4) is 0 Å². The van der Waals surface area contributed by atoms with Gasteiger partial charge in [-0.2, -0.15) is 0 Å². The van der Waals surface area contributed by atoms with Gasteiger partial charge in [-0.1, -0.05) is 53.2 Å². The molecule has 4 saturated carbocycles. The number of carbonyl (C=O) groups is 1. The molecule has 4 aliphatic heterocycles. The van der Waals surface area contributed by atoms with E-state index < -0.39 is 140 Å². The summed E-state index contributed by atoms with van der Waals surface area (Å²) in [5.41, 5.74) is -1.45. The van der Waals surface area contributed by atoms with E-state index in [4.69, 9.17) is 37.9 Å². The van der Waals surface area contributed by atoms with Crippen LogP contribution in [0.5, 0.6) is 0 Å². The van der Waals surface area contributed by atoms with Crippen LogP contribution in [-0.4, -0.2) is 210 Å². The minimum atomic E-state index is -1.79. The van der Waals surface area contributed by atoms with E-state index in [2.05, 4.69) is 40.7 Å². The highest BCUT2D eigenvalue weighted by Crippen LogP contribution is 2.76. The number of rotatable bonds is 10. The Morgan fingerprint density at radius 3 is 1.95 bits per heavy atom. The molecule has 27 unspecified atom stereocenters. The maximum absolute atomic E-state index is 14.7. The van der Waals surface area contributed by atoms with Crippen molar-refractivity contribution < 1.29 is 104 Å². The summed E-state index contributed by atoms with van der Waals surface area (Å²) in [5, 5.41) is 129. The lowest BCUT2D eigenvalue weighted by Crippen LogP contribution is -2.67. The summed E-state index contributed by atoms with van der Waals surface area (Å²) in [7, 11) is 0. The third-order valence-corrected chi connectivity index (χ3v) is 20.7. The first-order valence-electron chi connectivity index (χ1n) is 26.7. The first kappa shape index (κ1) is 56.2. The van der Waals surface area contributed by atoms with Crippen LogP contribution in [0, 0.1) is 50.2 Å². The zero-order valence-corrected chi connectivity index (χ0v) is 43.2. The second-order valence-corrected chi connectivity index (χ2v) is 25.2. The number of fused-ring (bicyclic) bond motifs is 7. The largest absolute Gasteiger partial charge is 0.432 e. The Morgan fingerprint density at radius 1 is 0.630 bits per heavy atom. The van der Waals surface area contributed by atoms with E-state index in [1.165, 1.54) is 12.5 Å². The molecule has 0 amide bonds. The predicted molar refractivity (Wildman–Crippen MR) is 251 cm³/mol. The van der Waals surface area contributed by atoms with Crippen LogP contribution in [0.2, 0.25) is 0 Å². The Labute approximate surface area is 426 Å². The van der Waals surface area contributed by atoms with Crippen molar-refractivity contribution in [2.45, 2.75) is 229 Å². The first-order chi connectivity index (χ1) is 34.2. The molecule has 21 nitrogen and oxygen atoms in total. The highest BCUT2D eigenvalue weighted by Gasteiger charge is 2.71. The summed E-state index contributed by atoms with van der Waals surface area (Å²) in [6.07, 6.45) is -18.4. The molecule has 0 aromatic rings. The van der Waals surface area contributed by atoms with Gasteiger partial charge in [-0.25, -0.2) is 0 Å². The van der Waals surface area contributed by atoms with Crippen LogP contribution in [0.4, 0.5) is 0 Å². The summed E-state index contributed by atoms with van der Waals surface area (Å²) in [5.74, 6) is -0.573. The molecule has 0 aromatic carbocycles. The van der Waals surface area contributed by atoms with Gasteiger partial charge < -0.3 is 99.2 Å². The molecule has 0 spiro atoms. The number of carbonyl (C=O) groups excluding carboxylic acids is 1. The van der Waals surface area contributed by atoms with Crippen molar-refractivity contribution in [2.75, 3.05) is 26.4 Å². The Morgan fingerprint density at radius 2 is 1.26 bits per heavy atom. The summed E-state index contributed by atoms with van der Waals surface area (Å²) >= 11 is 0. The lowest BCUT2D eigenvalue weighted by Gasteiger charge is -2.71. The van der Waals surface area contributed by atoms with Crippen LogP contribution in [0.1, 0.15) is 113 Å². The van der Waals surface area contributed by atoms with Gasteiger partial charge in [-0.05, 0) is 111 Å². The SMILES string of the molecule is CC1OC(OC2C(OC3CCC4(C)C(CCC5(C)C4CC=C4C6CC(C)(C)CCC6(C(=O)OC6OC(CO)C(O)C(O)C6O)CCC45C)C3(C)CO)OCC(O)C2O)C(O)C(O)C1OC1OCC(O)C(O)C1O. The summed E-state index contributed by atoms with van der Waals surface area (Å²) < 4.78 is 47.7. The van der Waals surface area contributed by atoms with E-state index in [-0.39, 0.29) is 59.2 Å². The fourth-order valence-electron chi connectivity index (χ4n) is 15.9. The van der Waals surface area contributed by atoms with Gasteiger partial charge >= 0.3 is 5.97 Å². The van der Waals surface area contributed by atoms with E-state index in [0.29, 0.717) is 25.7 Å². The smallest absolute Gasteiger partial charge is 0.315 e. The molecule has 21 heteroatoms. The lowest BCUT2D eigenvalue weighted by molar-refractivity contribution is -0.377. The molecule has 73 heavy (non-hydrogen) atoms. The zero-order chi connectivity index (χ0) is 53.1. The van der Waals surface area contributed by atoms with Gasteiger partial charge in [-0.3, -0.25) is 4.79 Å². The standard InChI is InChI=1S/C52H84O21/c1-23-40(71-42-37(62)32(57)26(55)20-66-42)36(61)39(64)43(68-23)72-41-33(58)27(56)21-67-45(41)70-31-11-12-48(4)29(49(31,5)22-54)10-13-51(7)30(48)9-8-24-25-18-47(2,3)14-16-52(25,17-15-50(24,51)6)46(65)73-44-38(63)35(60)34(59)28(19-53)69-44/h8,23,25-45,53-64H,9-22H2,1-7H3. The number of aliphatic hydroxyl groups is 12. The Hall–Kier alpha value is -1.55. The number of hydrogen-bond donors (Lipinski definition) is 12. The van der Waals surface area contributed by atoms with Crippen molar-refractivity contribution in [1.29, 1.82) is 0 Å². The molecular formula is C52H84O21. The fraction of sp³-hybridized carbons (Fsp3) is 0.942. The predicted octanol–water partition coefficient (Wildman–Crippen LogP) is -0.757. The lowest BCUT2D eigenvalue weighted by atomic mass is 9.33. The molecule has 9 rings (SSSR count). The van der Waals surface area contributed by atoms with E-state index in [1.807, 2.05) is 6.92 Å². The molecule has 4 heterocycles. The molecule has 0 aromatic heterocycles. The Balaban J connectivity index is 0.924. The van der Waals surface area contributed by atoms with Gasteiger partial charge in [0, 0.05) is 5.41 Å². The van der Waals surface area contributed by atoms with Crippen LogP contribution >= 0.6 is 0 Å². The maximum Gasteiger partial charge on any atom is 0.315 e. The summed E-state index contributed by atoms with van der Waals surface area (Å²) in [6, 6.07) is 0. The van der Waals surface area contributed by atoms with Crippen molar-refractivity contribution in [3.8, 4) is 0 Å². The van der Waals surface area contributed by atoms with Gasteiger partial charge in [-0.15, -0.1) is 0 Å². The van der Waals surface area contributed by atoms with Crippen LogP contribution in [-0.2, 0) is 42.7 Å². The minimum Gasteiger partial charge on any atom is -0.432 e. The fourth-order valence-corrected chi connectivity index (χ4v) is 15.9. The highest BCUT2D eigenvalue weighted by molar-refractivity contribution is 5.79. The molecular weight excluding hydrogens is 961 g/mol. The number of esters is 1. The first-order valence-corrected chi connectivity index (χ1v) is 26.7. The molecule has 4 saturated heterocycles.